The molecule has 0 spiro atoms. The molecule has 6 nitrogen and oxygen atoms in total. The zero-order valence-corrected chi connectivity index (χ0v) is 18.8. The quantitative estimate of drug-likeness (QED) is 0.184. The van der Waals surface area contributed by atoms with Crippen molar-refractivity contribution < 1.29 is 13.2 Å². The fourth-order valence-electron chi connectivity index (χ4n) is 2.03. The minimum absolute atomic E-state index is 0. The fourth-order valence-corrected chi connectivity index (χ4v) is 2.45. The molecule has 1 atom stereocenters. The van der Waals surface area contributed by atoms with Crippen molar-refractivity contribution in [3.05, 3.63) is 0 Å². The summed E-state index contributed by atoms with van der Waals surface area (Å²) in [5.41, 5.74) is 0. The predicted octanol–water partition coefficient (Wildman–Crippen LogP) is 2.44. The summed E-state index contributed by atoms with van der Waals surface area (Å²) in [6.45, 7) is 9.43. The lowest BCUT2D eigenvalue weighted by Crippen LogP contribution is -2.39. The van der Waals surface area contributed by atoms with Crippen LogP contribution in [0.4, 0.5) is 0 Å². The summed E-state index contributed by atoms with van der Waals surface area (Å²) in [6.07, 6.45) is 6.07. The first-order valence-corrected chi connectivity index (χ1v) is 10.8. The SMILES string of the molecule is CCCCC(CC)CN=C(NCC)NCCOCCS(C)(=O)=O.I. The van der Waals surface area contributed by atoms with Crippen LogP contribution in [0.5, 0.6) is 0 Å². The molecular formula is C16H36IN3O3S. The van der Waals surface area contributed by atoms with Gasteiger partial charge in [-0.3, -0.25) is 4.99 Å². The van der Waals surface area contributed by atoms with Crippen LogP contribution in [0.25, 0.3) is 0 Å². The van der Waals surface area contributed by atoms with Crippen molar-refractivity contribution in [3.63, 3.8) is 0 Å². The van der Waals surface area contributed by atoms with E-state index in [9.17, 15) is 8.42 Å². The summed E-state index contributed by atoms with van der Waals surface area (Å²) in [5.74, 6) is 1.50. The zero-order valence-electron chi connectivity index (χ0n) is 15.6. The predicted molar refractivity (Wildman–Crippen MR) is 113 cm³/mol. The molecule has 0 aromatic rings. The number of sulfone groups is 1. The third kappa shape index (κ3) is 16.8. The second-order valence-electron chi connectivity index (χ2n) is 5.81. The summed E-state index contributed by atoms with van der Waals surface area (Å²) in [7, 11) is -2.95. The third-order valence-corrected chi connectivity index (χ3v) is 4.44. The number of guanidine groups is 1. The van der Waals surface area contributed by atoms with Gasteiger partial charge in [0.05, 0.1) is 19.0 Å². The van der Waals surface area contributed by atoms with Gasteiger partial charge >= 0.3 is 0 Å². The van der Waals surface area contributed by atoms with Crippen LogP contribution in [0.2, 0.25) is 0 Å². The minimum Gasteiger partial charge on any atom is -0.379 e. The molecule has 0 amide bonds. The highest BCUT2D eigenvalue weighted by molar-refractivity contribution is 14.0. The maximum absolute atomic E-state index is 11.0. The Kier molecular flexibility index (Phi) is 17.8. The Bertz CT molecular complexity index is 417. The molecule has 0 saturated carbocycles. The minimum atomic E-state index is -2.95. The molecule has 0 bridgehead atoms. The van der Waals surface area contributed by atoms with Crippen molar-refractivity contribution in [1.29, 1.82) is 0 Å². The largest absolute Gasteiger partial charge is 0.379 e. The molecule has 0 rings (SSSR count). The van der Waals surface area contributed by atoms with Crippen molar-refractivity contribution in [2.75, 3.05) is 44.9 Å². The Labute approximate surface area is 165 Å². The summed E-state index contributed by atoms with van der Waals surface area (Å²) >= 11 is 0. The smallest absolute Gasteiger partial charge is 0.191 e. The lowest BCUT2D eigenvalue weighted by atomic mass is 10.00. The van der Waals surface area contributed by atoms with E-state index in [-0.39, 0.29) is 36.3 Å². The van der Waals surface area contributed by atoms with Crippen LogP contribution in [0.15, 0.2) is 4.99 Å². The Morgan fingerprint density at radius 2 is 1.88 bits per heavy atom. The highest BCUT2D eigenvalue weighted by Crippen LogP contribution is 2.12. The van der Waals surface area contributed by atoms with E-state index in [1.54, 1.807) is 0 Å². The second-order valence-corrected chi connectivity index (χ2v) is 8.06. The number of hydrogen-bond acceptors (Lipinski definition) is 4. The van der Waals surface area contributed by atoms with Crippen LogP contribution < -0.4 is 10.6 Å². The Morgan fingerprint density at radius 1 is 1.17 bits per heavy atom. The summed E-state index contributed by atoms with van der Waals surface area (Å²) < 4.78 is 27.3. The van der Waals surface area contributed by atoms with Crippen LogP contribution >= 0.6 is 24.0 Å². The van der Waals surface area contributed by atoms with Crippen molar-refractivity contribution in [2.45, 2.75) is 46.5 Å². The zero-order chi connectivity index (χ0) is 17.6. The number of hydrogen-bond donors (Lipinski definition) is 2. The summed E-state index contributed by atoms with van der Waals surface area (Å²) in [5, 5.41) is 6.44. The molecule has 0 aliphatic heterocycles. The second kappa shape index (κ2) is 16.4. The fraction of sp³-hybridized carbons (Fsp3) is 0.938. The van der Waals surface area contributed by atoms with Gasteiger partial charge in [0.1, 0.15) is 9.84 Å². The molecule has 24 heavy (non-hydrogen) atoms. The number of nitrogens with one attached hydrogen (secondary N) is 2. The van der Waals surface area contributed by atoms with E-state index in [0.29, 0.717) is 19.1 Å². The summed E-state index contributed by atoms with van der Waals surface area (Å²) in [6, 6.07) is 0. The van der Waals surface area contributed by atoms with Gasteiger partial charge in [0.25, 0.3) is 0 Å². The molecule has 0 saturated heterocycles. The van der Waals surface area contributed by atoms with Gasteiger partial charge in [0.2, 0.25) is 0 Å². The maximum atomic E-state index is 11.0. The van der Waals surface area contributed by atoms with Crippen LogP contribution in [-0.4, -0.2) is 59.2 Å². The van der Waals surface area contributed by atoms with E-state index in [2.05, 4.69) is 29.5 Å². The first-order chi connectivity index (χ1) is 10.9. The normalized spacial score (nSPS) is 13.2. The van der Waals surface area contributed by atoms with Crippen molar-refractivity contribution in [1.82, 2.24) is 10.6 Å². The Morgan fingerprint density at radius 3 is 2.42 bits per heavy atom. The van der Waals surface area contributed by atoms with Gasteiger partial charge in [-0.2, -0.15) is 0 Å². The molecule has 0 aromatic heterocycles. The number of halogens is 1. The number of unbranched alkanes of at least 4 members (excludes halogenated alkanes) is 1. The van der Waals surface area contributed by atoms with Gasteiger partial charge in [0, 0.05) is 25.9 Å². The van der Waals surface area contributed by atoms with Crippen LogP contribution in [-0.2, 0) is 14.6 Å². The molecule has 0 aliphatic carbocycles. The molecule has 0 radical (unpaired) electrons. The van der Waals surface area contributed by atoms with E-state index in [1.165, 1.54) is 25.5 Å². The van der Waals surface area contributed by atoms with Crippen molar-refractivity contribution >= 4 is 39.8 Å². The van der Waals surface area contributed by atoms with Crippen molar-refractivity contribution in [2.24, 2.45) is 10.9 Å². The number of rotatable bonds is 13. The van der Waals surface area contributed by atoms with Crippen LogP contribution in [0.3, 0.4) is 0 Å². The number of nitrogens with zero attached hydrogens (tertiary/aromatic N) is 1. The first-order valence-electron chi connectivity index (χ1n) is 8.70. The average Bonchev–Trinajstić information content (AvgIpc) is 2.49. The van der Waals surface area contributed by atoms with Crippen LogP contribution in [0, 0.1) is 5.92 Å². The van der Waals surface area contributed by atoms with E-state index < -0.39 is 9.84 Å². The molecule has 0 heterocycles. The van der Waals surface area contributed by atoms with E-state index in [1.807, 2.05) is 6.92 Å². The molecule has 146 valence electrons. The lowest BCUT2D eigenvalue weighted by molar-refractivity contribution is 0.154. The number of aliphatic imine (C=N–C) groups is 1. The first kappa shape index (κ1) is 26.1. The molecular weight excluding hydrogens is 441 g/mol. The van der Waals surface area contributed by atoms with E-state index >= 15 is 0 Å². The molecule has 0 fully saturated rings. The summed E-state index contributed by atoms with van der Waals surface area (Å²) in [4.78, 5) is 4.64. The molecule has 2 N–H and O–H groups in total. The molecule has 0 aromatic carbocycles. The van der Waals surface area contributed by atoms with E-state index in [4.69, 9.17) is 4.74 Å². The Hall–Kier alpha value is -0.0900. The van der Waals surface area contributed by atoms with Gasteiger partial charge < -0.3 is 15.4 Å². The van der Waals surface area contributed by atoms with Crippen LogP contribution in [0.1, 0.15) is 46.5 Å². The topological polar surface area (TPSA) is 79.8 Å². The maximum Gasteiger partial charge on any atom is 0.191 e. The molecule has 8 heteroatoms. The lowest BCUT2D eigenvalue weighted by Gasteiger charge is -2.15. The van der Waals surface area contributed by atoms with Gasteiger partial charge in [-0.05, 0) is 19.3 Å². The molecule has 0 aliphatic rings. The van der Waals surface area contributed by atoms with Gasteiger partial charge in [-0.25, -0.2) is 8.42 Å². The molecule has 1 unspecified atom stereocenters. The Balaban J connectivity index is 0. The van der Waals surface area contributed by atoms with Gasteiger partial charge in [0.15, 0.2) is 5.96 Å². The average molecular weight is 477 g/mol. The highest BCUT2D eigenvalue weighted by atomic mass is 127. The third-order valence-electron chi connectivity index (χ3n) is 3.53. The van der Waals surface area contributed by atoms with Gasteiger partial charge in [-0.15, -0.1) is 24.0 Å². The monoisotopic (exact) mass is 477 g/mol. The standard InChI is InChI=1S/C16H35N3O3S.HI/c1-5-8-9-15(6-2)14-19-16(17-7-3)18-10-11-22-12-13-23(4,20)21;/h15H,5-14H2,1-4H3,(H2,17,18,19);1H. The van der Waals surface area contributed by atoms with Crippen molar-refractivity contribution in [3.8, 4) is 0 Å². The van der Waals surface area contributed by atoms with Gasteiger partial charge in [-0.1, -0.05) is 33.1 Å². The van der Waals surface area contributed by atoms with E-state index in [0.717, 1.165) is 25.5 Å². The number of ether oxygens (including phenoxy) is 1. The highest BCUT2D eigenvalue weighted by Gasteiger charge is 2.06.